The fraction of sp³-hybridized carbons (Fsp3) is 0.933. The highest BCUT2D eigenvalue weighted by Crippen LogP contribution is 2.21. The number of hydrogen-bond donors (Lipinski definition) is 1. The molecule has 20 heavy (non-hydrogen) atoms. The number of piperidine rings is 2. The van der Waals surface area contributed by atoms with Crippen LogP contribution in [0.4, 0.5) is 0 Å². The van der Waals surface area contributed by atoms with Crippen molar-refractivity contribution in [3.63, 3.8) is 0 Å². The highest BCUT2D eigenvalue weighted by atomic mass is 16.5. The first-order chi connectivity index (χ1) is 9.84. The summed E-state index contributed by atoms with van der Waals surface area (Å²) in [6.45, 7) is 6.40. The van der Waals surface area contributed by atoms with Crippen LogP contribution in [0.1, 0.15) is 32.1 Å². The molecule has 1 N–H and O–H groups in total. The molecular formula is C15H27N3O2. The number of carbonyl (C=O) groups excluding carboxylic acids is 1. The van der Waals surface area contributed by atoms with Gasteiger partial charge in [-0.05, 0) is 38.8 Å². The van der Waals surface area contributed by atoms with Crippen molar-refractivity contribution in [1.29, 1.82) is 0 Å². The maximum atomic E-state index is 12.4. The fourth-order valence-electron chi connectivity index (χ4n) is 3.68. The lowest BCUT2D eigenvalue weighted by Crippen LogP contribution is -2.55. The van der Waals surface area contributed by atoms with Gasteiger partial charge in [0.1, 0.15) is 6.04 Å². The molecule has 3 aliphatic heterocycles. The largest absolute Gasteiger partial charge is 0.378 e. The molecule has 114 valence electrons. The first kappa shape index (κ1) is 14.3. The molecule has 3 fully saturated rings. The average molecular weight is 281 g/mol. The molecule has 0 aromatic carbocycles. The van der Waals surface area contributed by atoms with E-state index < -0.39 is 0 Å². The number of morpholine rings is 1. The Morgan fingerprint density at radius 3 is 2.45 bits per heavy atom. The van der Waals surface area contributed by atoms with Crippen LogP contribution in [0.3, 0.4) is 0 Å². The van der Waals surface area contributed by atoms with E-state index in [0.717, 1.165) is 39.1 Å². The maximum absolute atomic E-state index is 12.4. The topological polar surface area (TPSA) is 44.8 Å². The lowest BCUT2D eigenvalue weighted by atomic mass is 9.99. The van der Waals surface area contributed by atoms with Crippen molar-refractivity contribution in [2.45, 2.75) is 44.2 Å². The lowest BCUT2D eigenvalue weighted by Gasteiger charge is -2.41. The van der Waals surface area contributed by atoms with Crippen LogP contribution in [0, 0.1) is 0 Å². The van der Waals surface area contributed by atoms with Crippen molar-refractivity contribution < 1.29 is 9.53 Å². The molecule has 1 atom stereocenters. The molecule has 1 unspecified atom stereocenters. The molecule has 0 saturated carbocycles. The van der Waals surface area contributed by atoms with Crippen LogP contribution in [-0.2, 0) is 9.53 Å². The lowest BCUT2D eigenvalue weighted by molar-refractivity contribution is -0.138. The normalized spacial score (nSPS) is 30.4. The smallest absolute Gasteiger partial charge is 0.242 e. The van der Waals surface area contributed by atoms with Crippen molar-refractivity contribution >= 4 is 5.91 Å². The number of amides is 1. The number of hydrogen-bond acceptors (Lipinski definition) is 4. The van der Waals surface area contributed by atoms with Crippen molar-refractivity contribution in [2.75, 3.05) is 45.9 Å². The molecule has 1 amide bonds. The molecule has 3 heterocycles. The summed E-state index contributed by atoms with van der Waals surface area (Å²) in [6, 6.07) is 0.588. The van der Waals surface area contributed by atoms with Gasteiger partial charge in [-0.1, -0.05) is 6.42 Å². The van der Waals surface area contributed by atoms with Crippen LogP contribution in [0.5, 0.6) is 0 Å². The van der Waals surface area contributed by atoms with Gasteiger partial charge in [0.25, 0.3) is 0 Å². The first-order valence-electron chi connectivity index (χ1n) is 8.18. The molecule has 0 aromatic heterocycles. The van der Waals surface area contributed by atoms with E-state index in [-0.39, 0.29) is 11.9 Å². The number of nitrogens with zero attached hydrogens (tertiary/aromatic N) is 2. The standard InChI is InChI=1S/C15H27N3O2/c19-15(14-12-20-11-6-16-14)18-9-4-13(5-10-18)17-7-2-1-3-8-17/h13-14,16H,1-12H2. The minimum absolute atomic E-state index is 0.115. The summed E-state index contributed by atoms with van der Waals surface area (Å²) in [4.78, 5) is 17.1. The van der Waals surface area contributed by atoms with E-state index in [9.17, 15) is 4.79 Å². The van der Waals surface area contributed by atoms with Crippen LogP contribution in [0.25, 0.3) is 0 Å². The zero-order valence-corrected chi connectivity index (χ0v) is 12.4. The number of ether oxygens (including phenoxy) is 1. The molecule has 3 saturated heterocycles. The zero-order valence-electron chi connectivity index (χ0n) is 12.4. The van der Waals surface area contributed by atoms with Gasteiger partial charge in [-0.25, -0.2) is 0 Å². The summed E-state index contributed by atoms with van der Waals surface area (Å²) >= 11 is 0. The number of carbonyl (C=O) groups is 1. The SMILES string of the molecule is O=C(C1COCCN1)N1CCC(N2CCCCC2)CC1. The third kappa shape index (κ3) is 3.32. The first-order valence-corrected chi connectivity index (χ1v) is 8.18. The number of rotatable bonds is 2. The van der Waals surface area contributed by atoms with Crippen molar-refractivity contribution in [1.82, 2.24) is 15.1 Å². The molecule has 5 nitrogen and oxygen atoms in total. The van der Waals surface area contributed by atoms with Gasteiger partial charge in [0.2, 0.25) is 5.91 Å². The molecule has 5 heteroatoms. The fourth-order valence-corrected chi connectivity index (χ4v) is 3.68. The van der Waals surface area contributed by atoms with Crippen LogP contribution in [0.2, 0.25) is 0 Å². The van der Waals surface area contributed by atoms with Gasteiger partial charge in [-0.2, -0.15) is 0 Å². The summed E-state index contributed by atoms with van der Waals surface area (Å²) < 4.78 is 5.39. The Bertz CT molecular complexity index is 317. The highest BCUT2D eigenvalue weighted by Gasteiger charge is 2.31. The summed E-state index contributed by atoms with van der Waals surface area (Å²) in [5.41, 5.74) is 0. The molecular weight excluding hydrogens is 254 g/mol. The van der Waals surface area contributed by atoms with Gasteiger partial charge in [0.05, 0.1) is 13.2 Å². The quantitative estimate of drug-likeness (QED) is 0.798. The maximum Gasteiger partial charge on any atom is 0.242 e. The van der Waals surface area contributed by atoms with E-state index in [0.29, 0.717) is 12.6 Å². The molecule has 0 spiro atoms. The molecule has 0 aliphatic carbocycles. The van der Waals surface area contributed by atoms with Gasteiger partial charge in [0.15, 0.2) is 0 Å². The summed E-state index contributed by atoms with van der Waals surface area (Å²) in [5, 5.41) is 3.26. The third-order valence-electron chi connectivity index (χ3n) is 4.90. The molecule has 0 bridgehead atoms. The van der Waals surface area contributed by atoms with Crippen LogP contribution in [0.15, 0.2) is 0 Å². The summed E-state index contributed by atoms with van der Waals surface area (Å²) in [7, 11) is 0. The average Bonchev–Trinajstić information content (AvgIpc) is 2.56. The van der Waals surface area contributed by atoms with Crippen LogP contribution >= 0.6 is 0 Å². The van der Waals surface area contributed by atoms with E-state index in [1.807, 2.05) is 4.90 Å². The Kier molecular flexibility index (Phi) is 4.91. The monoisotopic (exact) mass is 281 g/mol. The Balaban J connectivity index is 1.46. The van der Waals surface area contributed by atoms with Gasteiger partial charge in [-0.3, -0.25) is 4.79 Å². The second-order valence-corrected chi connectivity index (χ2v) is 6.23. The minimum Gasteiger partial charge on any atom is -0.378 e. The van der Waals surface area contributed by atoms with E-state index >= 15 is 0 Å². The summed E-state index contributed by atoms with van der Waals surface area (Å²) in [6.07, 6.45) is 6.37. The van der Waals surface area contributed by atoms with E-state index in [1.54, 1.807) is 0 Å². The number of nitrogens with one attached hydrogen (secondary N) is 1. The Labute approximate surface area is 121 Å². The van der Waals surface area contributed by atoms with Crippen LogP contribution in [-0.4, -0.2) is 73.7 Å². The summed E-state index contributed by atoms with van der Waals surface area (Å²) in [5.74, 6) is 0.238. The Morgan fingerprint density at radius 2 is 1.80 bits per heavy atom. The van der Waals surface area contributed by atoms with Gasteiger partial charge < -0.3 is 19.9 Å². The van der Waals surface area contributed by atoms with E-state index in [4.69, 9.17) is 4.74 Å². The van der Waals surface area contributed by atoms with E-state index in [2.05, 4.69) is 10.2 Å². The second kappa shape index (κ2) is 6.87. The minimum atomic E-state index is -0.115. The van der Waals surface area contributed by atoms with Crippen LogP contribution < -0.4 is 5.32 Å². The van der Waals surface area contributed by atoms with Crippen molar-refractivity contribution in [3.05, 3.63) is 0 Å². The molecule has 0 aromatic rings. The second-order valence-electron chi connectivity index (χ2n) is 6.23. The van der Waals surface area contributed by atoms with Crippen molar-refractivity contribution in [2.24, 2.45) is 0 Å². The predicted octanol–water partition coefficient (Wildman–Crippen LogP) is 0.452. The number of likely N-dealkylation sites (tertiary alicyclic amines) is 2. The Hall–Kier alpha value is -0.650. The van der Waals surface area contributed by atoms with Crippen molar-refractivity contribution in [3.8, 4) is 0 Å². The Morgan fingerprint density at radius 1 is 1.05 bits per heavy atom. The van der Waals surface area contributed by atoms with Gasteiger partial charge in [0, 0.05) is 25.7 Å². The van der Waals surface area contributed by atoms with Gasteiger partial charge in [-0.15, -0.1) is 0 Å². The van der Waals surface area contributed by atoms with E-state index in [1.165, 1.54) is 32.4 Å². The highest BCUT2D eigenvalue weighted by molar-refractivity contribution is 5.82. The predicted molar refractivity (Wildman–Crippen MR) is 77.6 cm³/mol. The molecule has 3 aliphatic rings. The third-order valence-corrected chi connectivity index (χ3v) is 4.90. The molecule has 3 rings (SSSR count). The molecule has 0 radical (unpaired) electrons. The zero-order chi connectivity index (χ0) is 13.8. The van der Waals surface area contributed by atoms with Gasteiger partial charge >= 0.3 is 0 Å².